The van der Waals surface area contributed by atoms with Gasteiger partial charge in [0.1, 0.15) is 17.6 Å². The number of hydrogen-bond acceptors (Lipinski definition) is 3. The molecule has 0 bridgehead atoms. The highest BCUT2D eigenvalue weighted by atomic mass is 19.1. The van der Waals surface area contributed by atoms with Gasteiger partial charge in [0.25, 0.3) is 5.91 Å². The minimum Gasteiger partial charge on any atom is -0.484 e. The highest BCUT2D eigenvalue weighted by Crippen LogP contribution is 2.21. The Morgan fingerprint density at radius 1 is 0.919 bits per heavy atom. The Balaban J connectivity index is 1.58. The zero-order valence-corrected chi connectivity index (χ0v) is 21.4. The molecule has 6 heteroatoms. The Kier molecular flexibility index (Phi) is 9.30. The first kappa shape index (κ1) is 26.4. The summed E-state index contributed by atoms with van der Waals surface area (Å²) in [6, 6.07) is 22.8. The van der Waals surface area contributed by atoms with E-state index in [1.807, 2.05) is 54.6 Å². The molecular formula is C31H35FN2O3. The molecule has 37 heavy (non-hydrogen) atoms. The molecule has 0 saturated heterocycles. The summed E-state index contributed by atoms with van der Waals surface area (Å²) in [5.74, 6) is -0.215. The van der Waals surface area contributed by atoms with Crippen molar-refractivity contribution in [3.63, 3.8) is 0 Å². The molecular weight excluding hydrogens is 467 g/mol. The standard InChI is InChI=1S/C31H35FN2O3/c1-2-23-14-18-28(19-15-23)37-22-30(35)34(21-25-12-16-26(32)17-13-25)29(20-24-8-4-3-5-9-24)31(36)33-27-10-6-7-11-27/h3-5,8-9,12-19,27,29H,2,6-7,10-11,20-22H2,1H3,(H,33,36)/t29-/m1/s1. The molecule has 1 fully saturated rings. The van der Waals surface area contributed by atoms with Crippen LogP contribution in [-0.2, 0) is 29.0 Å². The molecule has 4 rings (SSSR count). The molecule has 2 amide bonds. The average molecular weight is 503 g/mol. The number of carbonyl (C=O) groups excluding carboxylic acids is 2. The first-order valence-electron chi connectivity index (χ1n) is 13.1. The Bertz CT molecular complexity index is 1140. The minimum atomic E-state index is -0.730. The second-order valence-electron chi connectivity index (χ2n) is 9.63. The van der Waals surface area contributed by atoms with E-state index in [-0.39, 0.29) is 36.8 Å². The maximum atomic E-state index is 13.6. The van der Waals surface area contributed by atoms with Crippen molar-refractivity contribution in [1.82, 2.24) is 10.2 Å². The lowest BCUT2D eigenvalue weighted by molar-refractivity contribution is -0.143. The van der Waals surface area contributed by atoms with E-state index in [1.165, 1.54) is 17.7 Å². The predicted octanol–water partition coefficient (Wildman–Crippen LogP) is 5.47. The van der Waals surface area contributed by atoms with Crippen LogP contribution in [0.25, 0.3) is 0 Å². The molecule has 0 spiro atoms. The molecule has 0 aromatic heterocycles. The molecule has 0 radical (unpaired) electrons. The Labute approximate surface area is 218 Å². The van der Waals surface area contributed by atoms with Crippen molar-refractivity contribution < 1.29 is 18.7 Å². The smallest absolute Gasteiger partial charge is 0.261 e. The molecule has 3 aromatic carbocycles. The average Bonchev–Trinajstić information content (AvgIpc) is 3.44. The van der Waals surface area contributed by atoms with Crippen LogP contribution in [0.4, 0.5) is 4.39 Å². The number of ether oxygens (including phenoxy) is 1. The van der Waals surface area contributed by atoms with E-state index in [1.54, 1.807) is 17.0 Å². The molecule has 1 aliphatic carbocycles. The topological polar surface area (TPSA) is 58.6 Å². The number of amides is 2. The Morgan fingerprint density at radius 3 is 2.22 bits per heavy atom. The van der Waals surface area contributed by atoms with Crippen LogP contribution in [0.15, 0.2) is 78.9 Å². The fourth-order valence-corrected chi connectivity index (χ4v) is 4.76. The normalized spacial score (nSPS) is 14.2. The number of aryl methyl sites for hydroxylation is 1. The third-order valence-corrected chi connectivity index (χ3v) is 6.93. The second-order valence-corrected chi connectivity index (χ2v) is 9.63. The van der Waals surface area contributed by atoms with Gasteiger partial charge in [-0.1, -0.05) is 74.4 Å². The van der Waals surface area contributed by atoms with Crippen LogP contribution in [0.3, 0.4) is 0 Å². The van der Waals surface area contributed by atoms with Gasteiger partial charge in [-0.2, -0.15) is 0 Å². The van der Waals surface area contributed by atoms with Crippen LogP contribution < -0.4 is 10.1 Å². The van der Waals surface area contributed by atoms with E-state index in [2.05, 4.69) is 12.2 Å². The number of rotatable bonds is 11. The van der Waals surface area contributed by atoms with Gasteiger partial charge in [0, 0.05) is 19.0 Å². The largest absolute Gasteiger partial charge is 0.484 e. The van der Waals surface area contributed by atoms with Crippen molar-refractivity contribution in [3.05, 3.63) is 101 Å². The molecule has 3 aromatic rings. The summed E-state index contributed by atoms with van der Waals surface area (Å²) in [7, 11) is 0. The van der Waals surface area contributed by atoms with Crippen molar-refractivity contribution in [2.75, 3.05) is 6.61 Å². The van der Waals surface area contributed by atoms with Gasteiger partial charge < -0.3 is 15.0 Å². The van der Waals surface area contributed by atoms with Crippen molar-refractivity contribution in [3.8, 4) is 5.75 Å². The van der Waals surface area contributed by atoms with E-state index >= 15 is 0 Å². The van der Waals surface area contributed by atoms with Crippen LogP contribution in [-0.4, -0.2) is 35.4 Å². The third-order valence-electron chi connectivity index (χ3n) is 6.93. The SMILES string of the molecule is CCc1ccc(OCC(=O)N(Cc2ccc(F)cc2)[C@H](Cc2ccccc2)C(=O)NC2CCCC2)cc1. The summed E-state index contributed by atoms with van der Waals surface area (Å²) in [4.78, 5) is 28.8. The Hall–Kier alpha value is -3.67. The number of carbonyl (C=O) groups is 2. The summed E-state index contributed by atoms with van der Waals surface area (Å²) in [5.41, 5.74) is 2.89. The van der Waals surface area contributed by atoms with Gasteiger partial charge in [-0.15, -0.1) is 0 Å². The Morgan fingerprint density at radius 2 is 1.57 bits per heavy atom. The van der Waals surface area contributed by atoms with Crippen molar-refractivity contribution >= 4 is 11.8 Å². The molecule has 5 nitrogen and oxygen atoms in total. The molecule has 1 N–H and O–H groups in total. The van der Waals surface area contributed by atoms with Crippen LogP contribution in [0, 0.1) is 5.82 Å². The summed E-state index contributed by atoms with van der Waals surface area (Å²) in [6.07, 6.45) is 5.38. The van der Waals surface area contributed by atoms with Crippen molar-refractivity contribution in [2.45, 2.75) is 64.1 Å². The third kappa shape index (κ3) is 7.66. The van der Waals surface area contributed by atoms with E-state index in [4.69, 9.17) is 4.74 Å². The lowest BCUT2D eigenvalue weighted by Crippen LogP contribution is -2.53. The molecule has 0 aliphatic heterocycles. The summed E-state index contributed by atoms with van der Waals surface area (Å²) < 4.78 is 19.4. The molecule has 0 heterocycles. The minimum absolute atomic E-state index is 0.127. The van der Waals surface area contributed by atoms with Crippen molar-refractivity contribution in [2.24, 2.45) is 0 Å². The first-order chi connectivity index (χ1) is 18.0. The molecule has 1 saturated carbocycles. The quantitative estimate of drug-likeness (QED) is 0.379. The number of halogens is 1. The second kappa shape index (κ2) is 13.0. The lowest BCUT2D eigenvalue weighted by Gasteiger charge is -2.32. The van der Waals surface area contributed by atoms with Crippen molar-refractivity contribution in [1.29, 1.82) is 0 Å². The monoisotopic (exact) mass is 502 g/mol. The van der Waals surface area contributed by atoms with Crippen LogP contribution in [0.2, 0.25) is 0 Å². The zero-order valence-electron chi connectivity index (χ0n) is 21.4. The van der Waals surface area contributed by atoms with Gasteiger partial charge in [-0.25, -0.2) is 4.39 Å². The van der Waals surface area contributed by atoms with E-state index < -0.39 is 6.04 Å². The van der Waals surface area contributed by atoms with Crippen LogP contribution in [0.1, 0.15) is 49.3 Å². The van der Waals surface area contributed by atoms with E-state index in [0.29, 0.717) is 12.2 Å². The van der Waals surface area contributed by atoms with Crippen LogP contribution in [0.5, 0.6) is 5.75 Å². The molecule has 1 aliphatic rings. The number of hydrogen-bond donors (Lipinski definition) is 1. The maximum absolute atomic E-state index is 13.6. The fraction of sp³-hybridized carbons (Fsp3) is 0.355. The number of benzene rings is 3. The maximum Gasteiger partial charge on any atom is 0.261 e. The number of nitrogens with zero attached hydrogens (tertiary/aromatic N) is 1. The number of nitrogens with one attached hydrogen (secondary N) is 1. The molecule has 0 unspecified atom stereocenters. The van der Waals surface area contributed by atoms with Gasteiger partial charge in [-0.3, -0.25) is 9.59 Å². The van der Waals surface area contributed by atoms with Gasteiger partial charge >= 0.3 is 0 Å². The highest BCUT2D eigenvalue weighted by molar-refractivity contribution is 5.88. The van der Waals surface area contributed by atoms with Gasteiger partial charge in [-0.05, 0) is 60.2 Å². The zero-order chi connectivity index (χ0) is 26.0. The van der Waals surface area contributed by atoms with Gasteiger partial charge in [0.2, 0.25) is 5.91 Å². The highest BCUT2D eigenvalue weighted by Gasteiger charge is 2.32. The van der Waals surface area contributed by atoms with Gasteiger partial charge in [0.05, 0.1) is 0 Å². The van der Waals surface area contributed by atoms with E-state index in [0.717, 1.165) is 43.2 Å². The summed E-state index contributed by atoms with van der Waals surface area (Å²) in [5, 5.41) is 3.18. The molecule has 194 valence electrons. The van der Waals surface area contributed by atoms with Crippen LogP contribution >= 0.6 is 0 Å². The molecule has 1 atom stereocenters. The summed E-state index contributed by atoms with van der Waals surface area (Å²) >= 11 is 0. The van der Waals surface area contributed by atoms with Gasteiger partial charge in [0.15, 0.2) is 6.61 Å². The first-order valence-corrected chi connectivity index (χ1v) is 13.1. The predicted molar refractivity (Wildman–Crippen MR) is 143 cm³/mol. The van der Waals surface area contributed by atoms with E-state index in [9.17, 15) is 14.0 Å². The fourth-order valence-electron chi connectivity index (χ4n) is 4.76. The lowest BCUT2D eigenvalue weighted by atomic mass is 10.0. The summed E-state index contributed by atoms with van der Waals surface area (Å²) in [6.45, 7) is 2.05.